The van der Waals surface area contributed by atoms with Crippen LogP contribution in [0, 0.1) is 0 Å². The number of benzene rings is 2. The van der Waals surface area contributed by atoms with Crippen LogP contribution < -0.4 is 5.32 Å². The average molecular weight is 265 g/mol. The Morgan fingerprint density at radius 1 is 0.900 bits per heavy atom. The van der Waals surface area contributed by atoms with Gasteiger partial charge in [-0.15, -0.1) is 0 Å². The van der Waals surface area contributed by atoms with Gasteiger partial charge in [-0.2, -0.15) is 0 Å². The highest BCUT2D eigenvalue weighted by molar-refractivity contribution is 5.29. The van der Waals surface area contributed by atoms with Crippen molar-refractivity contribution in [1.29, 1.82) is 0 Å². The van der Waals surface area contributed by atoms with Gasteiger partial charge in [0.1, 0.15) is 0 Å². The fourth-order valence-electron chi connectivity index (χ4n) is 2.62. The molecule has 0 aliphatic heterocycles. The van der Waals surface area contributed by atoms with Crippen LogP contribution in [0.1, 0.15) is 47.9 Å². The molecule has 20 heavy (non-hydrogen) atoms. The molecule has 1 aliphatic carbocycles. The Hall–Kier alpha value is -1.60. The van der Waals surface area contributed by atoms with E-state index in [1.165, 1.54) is 35.1 Å². The predicted molar refractivity (Wildman–Crippen MR) is 84.8 cm³/mol. The fraction of sp³-hybridized carbons (Fsp3) is 0.368. The molecule has 2 aromatic rings. The van der Waals surface area contributed by atoms with Gasteiger partial charge in [-0.05, 0) is 47.4 Å². The number of hydrogen-bond acceptors (Lipinski definition) is 1. The number of nitrogens with one attached hydrogen (secondary N) is 1. The first-order chi connectivity index (χ1) is 9.85. The second-order valence-electron chi connectivity index (χ2n) is 5.79. The van der Waals surface area contributed by atoms with Crippen molar-refractivity contribution in [2.75, 3.05) is 0 Å². The zero-order valence-electron chi connectivity index (χ0n) is 12.2. The van der Waals surface area contributed by atoms with E-state index >= 15 is 0 Å². The first-order valence-electron chi connectivity index (χ1n) is 7.72. The van der Waals surface area contributed by atoms with Crippen molar-refractivity contribution in [3.63, 3.8) is 0 Å². The van der Waals surface area contributed by atoms with Gasteiger partial charge in [0.25, 0.3) is 0 Å². The van der Waals surface area contributed by atoms with Gasteiger partial charge in [0.2, 0.25) is 0 Å². The van der Waals surface area contributed by atoms with Crippen LogP contribution in [0.4, 0.5) is 0 Å². The molecule has 1 fully saturated rings. The lowest BCUT2D eigenvalue weighted by Gasteiger charge is -2.07. The zero-order valence-corrected chi connectivity index (χ0v) is 12.2. The molecule has 1 heteroatoms. The van der Waals surface area contributed by atoms with Crippen LogP contribution in [0.25, 0.3) is 0 Å². The van der Waals surface area contributed by atoms with Gasteiger partial charge in [-0.3, -0.25) is 0 Å². The molecule has 1 aliphatic rings. The van der Waals surface area contributed by atoms with Crippen LogP contribution in [-0.2, 0) is 19.5 Å². The maximum Gasteiger partial charge on any atom is 0.0208 e. The van der Waals surface area contributed by atoms with Crippen molar-refractivity contribution in [3.8, 4) is 0 Å². The molecular formula is C19H23N. The zero-order chi connectivity index (χ0) is 13.8. The quantitative estimate of drug-likeness (QED) is 0.815. The molecule has 0 bridgehead atoms. The maximum atomic E-state index is 3.54. The average Bonchev–Trinajstić information content (AvgIpc) is 3.33. The Labute approximate surface area is 122 Å². The summed E-state index contributed by atoms with van der Waals surface area (Å²) in [4.78, 5) is 0. The first kappa shape index (κ1) is 13.4. The van der Waals surface area contributed by atoms with E-state index in [2.05, 4.69) is 60.8 Å². The minimum Gasteiger partial charge on any atom is -0.309 e. The summed E-state index contributed by atoms with van der Waals surface area (Å²) >= 11 is 0. The van der Waals surface area contributed by atoms with Gasteiger partial charge in [0.15, 0.2) is 0 Å². The Morgan fingerprint density at radius 3 is 2.30 bits per heavy atom. The van der Waals surface area contributed by atoms with Gasteiger partial charge in [-0.25, -0.2) is 0 Å². The minimum atomic E-state index is 0.844. The standard InChI is InChI=1S/C19H23N/c1-2-15-6-8-16(9-7-15)13-20-14-17-4-3-5-19(12-17)18-10-11-18/h3-9,12,18,20H,2,10-11,13-14H2,1H3. The molecule has 0 saturated heterocycles. The summed E-state index contributed by atoms with van der Waals surface area (Å²) in [6, 6.07) is 18.0. The normalized spacial score (nSPS) is 14.4. The molecule has 0 heterocycles. The lowest BCUT2D eigenvalue weighted by Crippen LogP contribution is -2.12. The van der Waals surface area contributed by atoms with E-state index in [4.69, 9.17) is 0 Å². The second-order valence-corrected chi connectivity index (χ2v) is 5.79. The summed E-state index contributed by atoms with van der Waals surface area (Å²) in [5.41, 5.74) is 5.70. The predicted octanol–water partition coefficient (Wildman–Crippen LogP) is 4.42. The van der Waals surface area contributed by atoms with Gasteiger partial charge < -0.3 is 5.32 Å². The van der Waals surface area contributed by atoms with Gasteiger partial charge in [-0.1, -0.05) is 55.5 Å². The molecule has 0 radical (unpaired) electrons. The van der Waals surface area contributed by atoms with Gasteiger partial charge in [0, 0.05) is 13.1 Å². The summed E-state index contributed by atoms with van der Waals surface area (Å²) < 4.78 is 0. The molecular weight excluding hydrogens is 242 g/mol. The van der Waals surface area contributed by atoms with Crippen molar-refractivity contribution in [2.24, 2.45) is 0 Å². The molecule has 0 aromatic heterocycles. The van der Waals surface area contributed by atoms with Crippen molar-refractivity contribution < 1.29 is 0 Å². The molecule has 1 nitrogen and oxygen atoms in total. The molecule has 1 N–H and O–H groups in total. The van der Waals surface area contributed by atoms with Crippen LogP contribution in [-0.4, -0.2) is 0 Å². The molecule has 0 atom stereocenters. The van der Waals surface area contributed by atoms with Crippen LogP contribution in [0.5, 0.6) is 0 Å². The van der Waals surface area contributed by atoms with Crippen molar-refractivity contribution in [2.45, 2.75) is 45.2 Å². The third-order valence-electron chi connectivity index (χ3n) is 4.09. The van der Waals surface area contributed by atoms with Gasteiger partial charge >= 0.3 is 0 Å². The lowest BCUT2D eigenvalue weighted by atomic mass is 10.1. The number of hydrogen-bond donors (Lipinski definition) is 1. The lowest BCUT2D eigenvalue weighted by molar-refractivity contribution is 0.692. The molecule has 0 amide bonds. The number of rotatable bonds is 6. The Kier molecular flexibility index (Phi) is 4.17. The Bertz CT molecular complexity index is 552. The van der Waals surface area contributed by atoms with Crippen molar-refractivity contribution in [3.05, 3.63) is 70.8 Å². The Balaban J connectivity index is 1.52. The topological polar surface area (TPSA) is 12.0 Å². The van der Waals surface area contributed by atoms with Crippen LogP contribution in [0.15, 0.2) is 48.5 Å². The highest BCUT2D eigenvalue weighted by Crippen LogP contribution is 2.40. The third kappa shape index (κ3) is 3.49. The summed E-state index contributed by atoms with van der Waals surface area (Å²) in [5, 5.41) is 3.54. The van der Waals surface area contributed by atoms with Crippen molar-refractivity contribution >= 4 is 0 Å². The number of aryl methyl sites for hydroxylation is 1. The molecule has 3 rings (SSSR count). The molecule has 104 valence electrons. The summed E-state index contributed by atoms with van der Waals surface area (Å²) in [6.07, 6.45) is 3.86. The van der Waals surface area contributed by atoms with Crippen LogP contribution >= 0.6 is 0 Å². The minimum absolute atomic E-state index is 0.844. The van der Waals surface area contributed by atoms with Crippen molar-refractivity contribution in [1.82, 2.24) is 5.32 Å². The monoisotopic (exact) mass is 265 g/mol. The van der Waals surface area contributed by atoms with E-state index in [0.717, 1.165) is 25.4 Å². The molecule has 0 unspecified atom stereocenters. The largest absolute Gasteiger partial charge is 0.309 e. The van der Waals surface area contributed by atoms with Crippen LogP contribution in [0.2, 0.25) is 0 Å². The van der Waals surface area contributed by atoms with Crippen LogP contribution in [0.3, 0.4) is 0 Å². The summed E-state index contributed by atoms with van der Waals surface area (Å²) in [7, 11) is 0. The highest BCUT2D eigenvalue weighted by Gasteiger charge is 2.23. The first-order valence-corrected chi connectivity index (χ1v) is 7.72. The third-order valence-corrected chi connectivity index (χ3v) is 4.09. The van der Waals surface area contributed by atoms with E-state index in [1.807, 2.05) is 0 Å². The molecule has 1 saturated carbocycles. The highest BCUT2D eigenvalue weighted by atomic mass is 14.8. The van der Waals surface area contributed by atoms with E-state index in [9.17, 15) is 0 Å². The van der Waals surface area contributed by atoms with E-state index < -0.39 is 0 Å². The molecule has 0 spiro atoms. The molecule has 2 aromatic carbocycles. The fourth-order valence-corrected chi connectivity index (χ4v) is 2.62. The van der Waals surface area contributed by atoms with E-state index in [0.29, 0.717) is 0 Å². The maximum absolute atomic E-state index is 3.54. The van der Waals surface area contributed by atoms with E-state index in [1.54, 1.807) is 0 Å². The summed E-state index contributed by atoms with van der Waals surface area (Å²) in [5.74, 6) is 0.844. The summed E-state index contributed by atoms with van der Waals surface area (Å²) in [6.45, 7) is 4.09. The smallest absolute Gasteiger partial charge is 0.0208 e. The van der Waals surface area contributed by atoms with E-state index in [-0.39, 0.29) is 0 Å². The second kappa shape index (κ2) is 6.23. The van der Waals surface area contributed by atoms with Gasteiger partial charge in [0.05, 0.1) is 0 Å². The SMILES string of the molecule is CCc1ccc(CNCc2cccc(C3CC3)c2)cc1. The Morgan fingerprint density at radius 2 is 1.60 bits per heavy atom.